The second kappa shape index (κ2) is 10.5. The van der Waals surface area contributed by atoms with Crippen molar-refractivity contribution in [3.63, 3.8) is 0 Å². The number of likely N-dealkylation sites (N-methyl/N-ethyl adjacent to an activating group) is 1. The third kappa shape index (κ3) is 6.08. The molecule has 0 aliphatic rings. The van der Waals surface area contributed by atoms with Crippen molar-refractivity contribution in [1.82, 2.24) is 19.7 Å². The molecular weight excluding hydrogens is 434 g/mol. The molecule has 7 nitrogen and oxygen atoms in total. The van der Waals surface area contributed by atoms with Crippen LogP contribution >= 0.6 is 23.4 Å². The number of anilines is 1. The highest BCUT2D eigenvalue weighted by molar-refractivity contribution is 7.99. The molecule has 0 radical (unpaired) electrons. The lowest BCUT2D eigenvalue weighted by atomic mass is 10.0. The van der Waals surface area contributed by atoms with Gasteiger partial charge in [-0.15, -0.1) is 10.2 Å². The standard InChI is InChI=1S/C22H24ClN5O2S/c1-15(2)16-8-10-17(11-9-16)28-14-24-26-22(28)31-13-21(30)27(3)12-20(29)25-19-7-5-4-6-18(19)23/h4-11,14-15H,12-13H2,1-3H3,(H,25,29). The quantitative estimate of drug-likeness (QED) is 0.512. The summed E-state index contributed by atoms with van der Waals surface area (Å²) in [7, 11) is 1.59. The molecule has 0 atom stereocenters. The highest BCUT2D eigenvalue weighted by Crippen LogP contribution is 2.22. The molecule has 0 aliphatic heterocycles. The minimum Gasteiger partial charge on any atom is -0.336 e. The normalized spacial score (nSPS) is 10.9. The number of benzene rings is 2. The Hall–Kier alpha value is -2.84. The first-order valence-corrected chi connectivity index (χ1v) is 11.1. The van der Waals surface area contributed by atoms with Crippen LogP contribution in [0, 0.1) is 0 Å². The molecule has 1 N–H and O–H groups in total. The monoisotopic (exact) mass is 457 g/mol. The van der Waals surface area contributed by atoms with Crippen molar-refractivity contribution in [2.24, 2.45) is 0 Å². The van der Waals surface area contributed by atoms with Crippen LogP contribution in [0.2, 0.25) is 5.02 Å². The van der Waals surface area contributed by atoms with Gasteiger partial charge in [-0.1, -0.05) is 61.5 Å². The van der Waals surface area contributed by atoms with Gasteiger partial charge in [0, 0.05) is 12.7 Å². The summed E-state index contributed by atoms with van der Waals surface area (Å²) in [6.07, 6.45) is 1.62. The predicted octanol–water partition coefficient (Wildman–Crippen LogP) is 4.23. The van der Waals surface area contributed by atoms with E-state index >= 15 is 0 Å². The van der Waals surface area contributed by atoms with E-state index in [1.807, 2.05) is 16.7 Å². The van der Waals surface area contributed by atoms with Crippen molar-refractivity contribution in [3.05, 3.63) is 65.4 Å². The summed E-state index contributed by atoms with van der Waals surface area (Å²) in [4.78, 5) is 26.1. The van der Waals surface area contributed by atoms with Gasteiger partial charge in [-0.2, -0.15) is 0 Å². The summed E-state index contributed by atoms with van der Waals surface area (Å²) in [5, 5.41) is 11.9. The molecular formula is C22H24ClN5O2S. The van der Waals surface area contributed by atoms with E-state index in [0.717, 1.165) is 5.69 Å². The second-order valence-electron chi connectivity index (χ2n) is 7.30. The van der Waals surface area contributed by atoms with Crippen LogP contribution in [0.15, 0.2) is 60.0 Å². The number of rotatable bonds is 8. The van der Waals surface area contributed by atoms with Crippen molar-refractivity contribution in [1.29, 1.82) is 0 Å². The number of halogens is 1. The lowest BCUT2D eigenvalue weighted by Crippen LogP contribution is -2.36. The molecule has 0 fully saturated rings. The fourth-order valence-electron chi connectivity index (χ4n) is 2.81. The Kier molecular flexibility index (Phi) is 7.70. The lowest BCUT2D eigenvalue weighted by Gasteiger charge is -2.17. The average Bonchev–Trinajstić information content (AvgIpc) is 3.22. The first kappa shape index (κ1) is 22.8. The summed E-state index contributed by atoms with van der Waals surface area (Å²) < 4.78 is 1.84. The number of amides is 2. The first-order valence-electron chi connectivity index (χ1n) is 9.76. The summed E-state index contributed by atoms with van der Waals surface area (Å²) in [5.41, 5.74) is 2.69. The Labute approximate surface area is 190 Å². The number of aromatic nitrogens is 3. The number of hydrogen-bond acceptors (Lipinski definition) is 5. The molecule has 0 aliphatic carbocycles. The highest BCUT2D eigenvalue weighted by Gasteiger charge is 2.16. The smallest absolute Gasteiger partial charge is 0.244 e. The van der Waals surface area contributed by atoms with Gasteiger partial charge in [0.2, 0.25) is 11.8 Å². The van der Waals surface area contributed by atoms with Gasteiger partial charge in [0.05, 0.1) is 23.0 Å². The Morgan fingerprint density at radius 3 is 2.55 bits per heavy atom. The number of hydrogen-bond donors (Lipinski definition) is 1. The molecule has 1 heterocycles. The summed E-state index contributed by atoms with van der Waals surface area (Å²) >= 11 is 7.32. The van der Waals surface area contributed by atoms with Gasteiger partial charge in [-0.3, -0.25) is 14.2 Å². The number of thioether (sulfide) groups is 1. The first-order chi connectivity index (χ1) is 14.8. The molecule has 2 amide bonds. The van der Waals surface area contributed by atoms with Crippen LogP contribution < -0.4 is 5.32 Å². The average molecular weight is 458 g/mol. The number of carbonyl (C=O) groups is 2. The van der Waals surface area contributed by atoms with Crippen LogP contribution in [0.3, 0.4) is 0 Å². The van der Waals surface area contributed by atoms with Gasteiger partial charge in [0.15, 0.2) is 5.16 Å². The van der Waals surface area contributed by atoms with E-state index in [1.165, 1.54) is 22.2 Å². The van der Waals surface area contributed by atoms with Gasteiger partial charge in [-0.25, -0.2) is 0 Å². The van der Waals surface area contributed by atoms with E-state index in [9.17, 15) is 9.59 Å². The molecule has 3 rings (SSSR count). The zero-order valence-corrected chi connectivity index (χ0v) is 19.2. The van der Waals surface area contributed by atoms with Crippen LogP contribution in [0.4, 0.5) is 5.69 Å². The maximum atomic E-state index is 12.5. The van der Waals surface area contributed by atoms with Gasteiger partial charge in [0.1, 0.15) is 6.33 Å². The maximum Gasteiger partial charge on any atom is 0.244 e. The van der Waals surface area contributed by atoms with E-state index in [2.05, 4.69) is 41.5 Å². The minimum absolute atomic E-state index is 0.0754. The molecule has 1 aromatic heterocycles. The Bertz CT molecular complexity index is 1050. The van der Waals surface area contributed by atoms with Crippen molar-refractivity contribution in [2.75, 3.05) is 24.7 Å². The number of carbonyl (C=O) groups excluding carboxylic acids is 2. The largest absolute Gasteiger partial charge is 0.336 e. The van der Waals surface area contributed by atoms with E-state index < -0.39 is 0 Å². The lowest BCUT2D eigenvalue weighted by molar-refractivity contribution is -0.131. The Balaban J connectivity index is 1.55. The molecule has 0 unspecified atom stereocenters. The van der Waals surface area contributed by atoms with Gasteiger partial charge in [0.25, 0.3) is 0 Å². The van der Waals surface area contributed by atoms with Crippen molar-refractivity contribution >= 4 is 40.9 Å². The second-order valence-corrected chi connectivity index (χ2v) is 8.65. The van der Waals surface area contributed by atoms with Gasteiger partial charge < -0.3 is 10.2 Å². The third-order valence-corrected chi connectivity index (χ3v) is 5.89. The predicted molar refractivity (Wildman–Crippen MR) is 124 cm³/mol. The molecule has 0 saturated heterocycles. The topological polar surface area (TPSA) is 80.1 Å². The van der Waals surface area contributed by atoms with Crippen molar-refractivity contribution < 1.29 is 9.59 Å². The van der Waals surface area contributed by atoms with Gasteiger partial charge in [-0.05, 0) is 35.7 Å². The van der Waals surface area contributed by atoms with E-state index in [0.29, 0.717) is 21.8 Å². The molecule has 9 heteroatoms. The number of nitrogens with one attached hydrogen (secondary N) is 1. The maximum absolute atomic E-state index is 12.5. The van der Waals surface area contributed by atoms with E-state index in [1.54, 1.807) is 37.6 Å². The van der Waals surface area contributed by atoms with E-state index in [-0.39, 0.29) is 24.1 Å². The van der Waals surface area contributed by atoms with Crippen molar-refractivity contribution in [3.8, 4) is 5.69 Å². The molecule has 0 saturated carbocycles. The number of nitrogens with zero attached hydrogens (tertiary/aromatic N) is 4. The molecule has 0 spiro atoms. The Morgan fingerprint density at radius 1 is 1.16 bits per heavy atom. The zero-order chi connectivity index (χ0) is 22.4. The van der Waals surface area contributed by atoms with Crippen LogP contribution in [-0.4, -0.2) is 50.8 Å². The van der Waals surface area contributed by atoms with Crippen LogP contribution in [0.25, 0.3) is 5.69 Å². The van der Waals surface area contributed by atoms with Crippen LogP contribution in [-0.2, 0) is 9.59 Å². The fourth-order valence-corrected chi connectivity index (χ4v) is 3.86. The molecule has 2 aromatic carbocycles. The van der Waals surface area contributed by atoms with Crippen LogP contribution in [0.5, 0.6) is 0 Å². The summed E-state index contributed by atoms with van der Waals surface area (Å²) in [6.45, 7) is 4.21. The third-order valence-electron chi connectivity index (χ3n) is 4.63. The fraction of sp³-hybridized carbons (Fsp3) is 0.273. The van der Waals surface area contributed by atoms with Crippen LogP contribution in [0.1, 0.15) is 25.3 Å². The molecule has 162 valence electrons. The van der Waals surface area contributed by atoms with Crippen molar-refractivity contribution in [2.45, 2.75) is 24.9 Å². The van der Waals surface area contributed by atoms with Gasteiger partial charge >= 0.3 is 0 Å². The summed E-state index contributed by atoms with van der Waals surface area (Å²) in [6, 6.07) is 15.1. The molecule has 31 heavy (non-hydrogen) atoms. The Morgan fingerprint density at radius 2 is 1.87 bits per heavy atom. The minimum atomic E-state index is -0.317. The molecule has 3 aromatic rings. The molecule has 0 bridgehead atoms. The number of para-hydroxylation sites is 1. The zero-order valence-electron chi connectivity index (χ0n) is 17.6. The SMILES string of the molecule is CC(C)c1ccc(-n2cnnc2SCC(=O)N(C)CC(=O)Nc2ccccc2Cl)cc1. The summed E-state index contributed by atoms with van der Waals surface area (Å²) in [5.74, 6) is 0.0806. The van der Waals surface area contributed by atoms with E-state index in [4.69, 9.17) is 11.6 Å². The highest BCUT2D eigenvalue weighted by atomic mass is 35.5.